The SMILES string of the molecule is CCCCOC(=O)c1cn2c(n1)CN(S(C)(=O)=O)CC2.CCCCOC(=O)c1cn2c(n1)CNCC2. The molecular formula is C23H36N6O6S. The van der Waals surface area contributed by atoms with E-state index in [2.05, 4.69) is 22.2 Å². The molecule has 0 atom stereocenters. The van der Waals surface area contributed by atoms with Crippen molar-refractivity contribution in [1.82, 2.24) is 28.7 Å². The van der Waals surface area contributed by atoms with Gasteiger partial charge in [0.25, 0.3) is 0 Å². The highest BCUT2D eigenvalue weighted by Crippen LogP contribution is 2.16. The average Bonchev–Trinajstić information content (AvgIpc) is 3.48. The highest BCUT2D eigenvalue weighted by atomic mass is 32.2. The van der Waals surface area contributed by atoms with Gasteiger partial charge in [0.2, 0.25) is 10.0 Å². The third kappa shape index (κ3) is 7.61. The topological polar surface area (TPSA) is 138 Å². The number of nitrogens with one attached hydrogen (secondary N) is 1. The van der Waals surface area contributed by atoms with E-state index in [1.165, 1.54) is 10.6 Å². The van der Waals surface area contributed by atoms with Crippen LogP contribution in [-0.4, -0.2) is 76.3 Å². The van der Waals surface area contributed by atoms with Crippen molar-refractivity contribution in [1.29, 1.82) is 0 Å². The quantitative estimate of drug-likeness (QED) is 0.382. The van der Waals surface area contributed by atoms with Crippen molar-refractivity contribution in [2.75, 3.05) is 32.6 Å². The van der Waals surface area contributed by atoms with Gasteiger partial charge in [-0.3, -0.25) is 0 Å². The molecule has 0 radical (unpaired) electrons. The molecule has 200 valence electrons. The number of fused-ring (bicyclic) bond motifs is 2. The van der Waals surface area contributed by atoms with Gasteiger partial charge in [0.05, 0.1) is 32.6 Å². The summed E-state index contributed by atoms with van der Waals surface area (Å²) in [5, 5.41) is 3.21. The Morgan fingerprint density at radius 2 is 1.47 bits per heavy atom. The molecule has 2 aliphatic rings. The van der Waals surface area contributed by atoms with E-state index in [-0.39, 0.29) is 18.2 Å². The van der Waals surface area contributed by atoms with Gasteiger partial charge in [0, 0.05) is 38.6 Å². The fourth-order valence-electron chi connectivity index (χ4n) is 3.66. The number of ether oxygens (including phenoxy) is 2. The van der Waals surface area contributed by atoms with E-state index in [0.29, 0.717) is 37.8 Å². The highest BCUT2D eigenvalue weighted by Gasteiger charge is 2.26. The molecule has 1 N–H and O–H groups in total. The van der Waals surface area contributed by atoms with Crippen LogP contribution >= 0.6 is 0 Å². The van der Waals surface area contributed by atoms with Crippen molar-refractivity contribution < 1.29 is 27.5 Å². The predicted molar refractivity (Wildman–Crippen MR) is 132 cm³/mol. The monoisotopic (exact) mass is 524 g/mol. The summed E-state index contributed by atoms with van der Waals surface area (Å²) in [5.74, 6) is 0.722. The number of esters is 2. The van der Waals surface area contributed by atoms with Crippen molar-refractivity contribution in [2.24, 2.45) is 0 Å². The van der Waals surface area contributed by atoms with Gasteiger partial charge in [-0.05, 0) is 12.8 Å². The summed E-state index contributed by atoms with van der Waals surface area (Å²) in [6, 6.07) is 0. The minimum absolute atomic E-state index is 0.196. The van der Waals surface area contributed by atoms with Crippen LogP contribution in [0, 0.1) is 0 Å². The van der Waals surface area contributed by atoms with Crippen LogP contribution in [-0.2, 0) is 45.7 Å². The summed E-state index contributed by atoms with van der Waals surface area (Å²) >= 11 is 0. The van der Waals surface area contributed by atoms with Crippen LogP contribution in [0.5, 0.6) is 0 Å². The molecule has 0 spiro atoms. The molecule has 0 aliphatic carbocycles. The van der Waals surface area contributed by atoms with E-state index in [4.69, 9.17) is 9.47 Å². The van der Waals surface area contributed by atoms with Crippen LogP contribution in [0.1, 0.15) is 72.2 Å². The second-order valence-corrected chi connectivity index (χ2v) is 10.7. The zero-order valence-corrected chi connectivity index (χ0v) is 22.1. The molecule has 0 bridgehead atoms. The van der Waals surface area contributed by atoms with E-state index in [1.54, 1.807) is 17.0 Å². The van der Waals surface area contributed by atoms with E-state index >= 15 is 0 Å². The lowest BCUT2D eigenvalue weighted by molar-refractivity contribution is 0.0484. The summed E-state index contributed by atoms with van der Waals surface area (Å²) in [6.45, 7) is 8.55. The number of hydrogen-bond acceptors (Lipinski definition) is 9. The van der Waals surface area contributed by atoms with E-state index in [9.17, 15) is 18.0 Å². The molecule has 0 saturated carbocycles. The lowest BCUT2D eigenvalue weighted by Gasteiger charge is -2.25. The van der Waals surface area contributed by atoms with Crippen molar-refractivity contribution in [3.05, 3.63) is 35.4 Å². The summed E-state index contributed by atoms with van der Waals surface area (Å²) in [5.41, 5.74) is 0.668. The number of aromatic nitrogens is 4. The first-order valence-corrected chi connectivity index (χ1v) is 14.2. The smallest absolute Gasteiger partial charge is 0.358 e. The molecule has 2 aromatic heterocycles. The molecule has 2 aromatic rings. The van der Waals surface area contributed by atoms with Gasteiger partial charge >= 0.3 is 11.9 Å². The van der Waals surface area contributed by atoms with Crippen LogP contribution in [0.25, 0.3) is 0 Å². The van der Waals surface area contributed by atoms with E-state index in [0.717, 1.165) is 51.1 Å². The molecule has 4 heterocycles. The zero-order valence-electron chi connectivity index (χ0n) is 21.2. The first kappa shape index (κ1) is 27.8. The molecule has 0 unspecified atom stereocenters. The van der Waals surface area contributed by atoms with Crippen molar-refractivity contribution in [3.63, 3.8) is 0 Å². The summed E-state index contributed by atoms with van der Waals surface area (Å²) in [6.07, 6.45) is 8.29. The first-order chi connectivity index (χ1) is 17.2. The number of sulfonamides is 1. The van der Waals surface area contributed by atoms with Gasteiger partial charge in [-0.1, -0.05) is 26.7 Å². The lowest BCUT2D eigenvalue weighted by atomic mass is 10.4. The Morgan fingerprint density at radius 1 is 0.917 bits per heavy atom. The Balaban J connectivity index is 0.000000205. The molecular weight excluding hydrogens is 488 g/mol. The largest absolute Gasteiger partial charge is 0.461 e. The number of nitrogens with zero attached hydrogens (tertiary/aromatic N) is 5. The third-order valence-electron chi connectivity index (χ3n) is 5.79. The van der Waals surface area contributed by atoms with Crippen molar-refractivity contribution in [3.8, 4) is 0 Å². The predicted octanol–water partition coefficient (Wildman–Crippen LogP) is 1.56. The molecule has 2 aliphatic heterocycles. The van der Waals surface area contributed by atoms with Gasteiger partial charge in [0.1, 0.15) is 11.6 Å². The maximum absolute atomic E-state index is 11.8. The second-order valence-electron chi connectivity index (χ2n) is 8.72. The number of unbranched alkanes of at least 4 members (excludes halogenated alkanes) is 2. The summed E-state index contributed by atoms with van der Waals surface area (Å²) in [4.78, 5) is 31.8. The van der Waals surface area contributed by atoms with E-state index < -0.39 is 16.0 Å². The first-order valence-electron chi connectivity index (χ1n) is 12.3. The molecule has 0 saturated heterocycles. The minimum atomic E-state index is -3.23. The van der Waals surface area contributed by atoms with Gasteiger partial charge in [-0.25, -0.2) is 28.0 Å². The fraction of sp³-hybridized carbons (Fsp3) is 0.652. The minimum Gasteiger partial charge on any atom is -0.461 e. The normalized spacial score (nSPS) is 15.3. The highest BCUT2D eigenvalue weighted by molar-refractivity contribution is 7.88. The van der Waals surface area contributed by atoms with Crippen LogP contribution in [0.15, 0.2) is 12.4 Å². The zero-order chi connectivity index (χ0) is 26.1. The molecule has 36 heavy (non-hydrogen) atoms. The van der Waals surface area contributed by atoms with Crippen molar-refractivity contribution >= 4 is 22.0 Å². The van der Waals surface area contributed by atoms with Crippen LogP contribution in [0.3, 0.4) is 0 Å². The van der Waals surface area contributed by atoms with Gasteiger partial charge < -0.3 is 23.9 Å². The van der Waals surface area contributed by atoms with Crippen LogP contribution < -0.4 is 5.32 Å². The number of carbonyl (C=O) groups excluding carboxylic acids is 2. The second kappa shape index (κ2) is 13.0. The van der Waals surface area contributed by atoms with Crippen LogP contribution in [0.2, 0.25) is 0 Å². The molecule has 0 amide bonds. The maximum Gasteiger partial charge on any atom is 0.358 e. The number of rotatable bonds is 9. The van der Waals surface area contributed by atoms with Crippen LogP contribution in [0.4, 0.5) is 0 Å². The Bertz CT molecular complexity index is 1120. The van der Waals surface area contributed by atoms with Gasteiger partial charge in [0.15, 0.2) is 11.4 Å². The molecule has 12 nitrogen and oxygen atoms in total. The number of imidazole rings is 2. The Hall–Kier alpha value is -2.77. The Kier molecular flexibility index (Phi) is 10.0. The van der Waals surface area contributed by atoms with Gasteiger partial charge in [-0.15, -0.1) is 0 Å². The molecule has 0 aromatic carbocycles. The van der Waals surface area contributed by atoms with Crippen molar-refractivity contribution in [2.45, 2.75) is 65.7 Å². The lowest BCUT2D eigenvalue weighted by Crippen LogP contribution is -2.37. The summed E-state index contributed by atoms with van der Waals surface area (Å²) in [7, 11) is -3.23. The fourth-order valence-corrected chi connectivity index (χ4v) is 4.43. The molecule has 0 fully saturated rings. The average molecular weight is 525 g/mol. The third-order valence-corrected chi connectivity index (χ3v) is 7.04. The number of carbonyl (C=O) groups is 2. The van der Waals surface area contributed by atoms with E-state index in [1.807, 2.05) is 11.5 Å². The number of hydrogen-bond donors (Lipinski definition) is 1. The molecule has 13 heteroatoms. The standard InChI is InChI=1S/C12H19N3O4S.C11H17N3O2/c1-3-4-7-19-12(16)10-8-14-5-6-15(20(2,17)18)9-11(14)13-10;1-2-3-6-16-11(15)9-8-14-5-4-12-7-10(14)13-9/h8H,3-7,9H2,1-2H3;8,12H,2-7H2,1H3. The molecule has 4 rings (SSSR count). The summed E-state index contributed by atoms with van der Waals surface area (Å²) < 4.78 is 38.4. The maximum atomic E-state index is 11.8. The Morgan fingerprint density at radius 3 is 2.00 bits per heavy atom. The van der Waals surface area contributed by atoms with Gasteiger partial charge in [-0.2, -0.15) is 4.31 Å². The Labute approximate surface area is 212 Å².